The summed E-state index contributed by atoms with van der Waals surface area (Å²) in [5.74, 6) is 3.52. The summed E-state index contributed by atoms with van der Waals surface area (Å²) in [6.07, 6.45) is 2.17. The average Bonchev–Trinajstić information content (AvgIpc) is 2.54. The third kappa shape index (κ3) is 7.05. The molecule has 4 N–H and O–H groups in total. The summed E-state index contributed by atoms with van der Waals surface area (Å²) in [5.41, 5.74) is 12.4. The van der Waals surface area contributed by atoms with Crippen LogP contribution in [-0.4, -0.2) is 43.7 Å². The molecular formula is C16H28N2O2S2. The molecule has 0 aliphatic rings. The van der Waals surface area contributed by atoms with Gasteiger partial charge in [-0.25, -0.2) is 0 Å². The highest BCUT2D eigenvalue weighted by Crippen LogP contribution is 2.32. The van der Waals surface area contributed by atoms with Crippen molar-refractivity contribution in [1.82, 2.24) is 0 Å². The molecule has 0 aliphatic heterocycles. The van der Waals surface area contributed by atoms with Crippen molar-refractivity contribution in [3.63, 3.8) is 0 Å². The average molecular weight is 345 g/mol. The smallest absolute Gasteiger partial charge is 0.161 e. The quantitative estimate of drug-likeness (QED) is 0.367. The second-order valence-corrected chi connectivity index (χ2v) is 8.76. The molecule has 0 fully saturated rings. The van der Waals surface area contributed by atoms with Crippen molar-refractivity contribution in [1.29, 1.82) is 0 Å². The van der Waals surface area contributed by atoms with E-state index in [0.717, 1.165) is 48.0 Å². The van der Waals surface area contributed by atoms with Crippen molar-refractivity contribution in [2.24, 2.45) is 11.5 Å². The molecule has 1 unspecified atom stereocenters. The van der Waals surface area contributed by atoms with Crippen LogP contribution in [0, 0.1) is 0 Å². The molecule has 6 heteroatoms. The predicted octanol–water partition coefficient (Wildman–Crippen LogP) is 2.86. The summed E-state index contributed by atoms with van der Waals surface area (Å²) >= 11 is 0. The van der Waals surface area contributed by atoms with E-state index < -0.39 is 0 Å². The maximum absolute atomic E-state index is 5.76. The van der Waals surface area contributed by atoms with Crippen molar-refractivity contribution in [2.45, 2.75) is 19.8 Å². The lowest BCUT2D eigenvalue weighted by Gasteiger charge is -2.12. The molecule has 4 nitrogen and oxygen atoms in total. The first-order chi connectivity index (χ1) is 10.7. The van der Waals surface area contributed by atoms with Gasteiger partial charge in [-0.2, -0.15) is 0 Å². The number of rotatable bonds is 11. The van der Waals surface area contributed by atoms with Gasteiger partial charge in [-0.15, -0.1) is 9.52 Å². The van der Waals surface area contributed by atoms with Crippen LogP contribution in [-0.2, 0) is 0 Å². The van der Waals surface area contributed by atoms with Crippen LogP contribution in [0.4, 0.5) is 0 Å². The van der Waals surface area contributed by atoms with E-state index in [1.54, 1.807) is 7.11 Å². The number of unbranched alkanes of at least 4 members (excludes halogenated alkanes) is 1. The summed E-state index contributed by atoms with van der Waals surface area (Å²) < 4.78 is 11.2. The lowest BCUT2D eigenvalue weighted by Crippen LogP contribution is -2.05. The van der Waals surface area contributed by atoms with Gasteiger partial charge < -0.3 is 20.9 Å². The lowest BCUT2D eigenvalue weighted by molar-refractivity contribution is 0.288. The molecule has 0 aliphatic carbocycles. The van der Waals surface area contributed by atoms with E-state index in [4.69, 9.17) is 20.9 Å². The Balaban J connectivity index is 2.85. The zero-order valence-electron chi connectivity index (χ0n) is 13.5. The molecule has 1 aromatic carbocycles. The normalized spacial score (nSPS) is 12.4. The van der Waals surface area contributed by atoms with Crippen molar-refractivity contribution < 1.29 is 9.47 Å². The third-order valence-corrected chi connectivity index (χ3v) is 6.96. The fraction of sp³-hybridized carbons (Fsp3) is 0.562. The fourth-order valence-electron chi connectivity index (χ4n) is 1.78. The molecule has 0 saturated carbocycles. The van der Waals surface area contributed by atoms with Gasteiger partial charge in [-0.3, -0.25) is 0 Å². The molecule has 0 heterocycles. The fourth-order valence-corrected chi connectivity index (χ4v) is 5.19. The monoisotopic (exact) mass is 344 g/mol. The maximum Gasteiger partial charge on any atom is 0.161 e. The van der Waals surface area contributed by atoms with Gasteiger partial charge in [-0.1, -0.05) is 30.2 Å². The zero-order valence-corrected chi connectivity index (χ0v) is 15.2. The highest BCUT2D eigenvalue weighted by molar-refractivity contribution is 8.83. The van der Waals surface area contributed by atoms with Crippen molar-refractivity contribution >= 4 is 25.7 Å². The van der Waals surface area contributed by atoms with Crippen LogP contribution in [0.1, 0.15) is 25.3 Å². The van der Waals surface area contributed by atoms with E-state index in [0.29, 0.717) is 13.1 Å². The van der Waals surface area contributed by atoms with E-state index >= 15 is 0 Å². The first-order valence-corrected chi connectivity index (χ1v) is 10.6. The molecule has 0 radical (unpaired) electrons. The maximum atomic E-state index is 5.76. The van der Waals surface area contributed by atoms with Crippen LogP contribution in [0.25, 0.3) is 0 Å². The molecule has 0 aromatic heterocycles. The Hall–Kier alpha value is -0.690. The summed E-state index contributed by atoms with van der Waals surface area (Å²) in [6, 6.07) is 6.09. The van der Waals surface area contributed by atoms with Gasteiger partial charge in [0, 0.05) is 24.6 Å². The van der Waals surface area contributed by atoms with Crippen molar-refractivity contribution in [2.75, 3.05) is 38.3 Å². The van der Waals surface area contributed by atoms with Crippen LogP contribution in [0.2, 0.25) is 0 Å². The largest absolute Gasteiger partial charge is 0.493 e. The molecule has 22 heavy (non-hydrogen) atoms. The van der Waals surface area contributed by atoms with Gasteiger partial charge in [0.1, 0.15) is 0 Å². The number of hydrogen-bond donors (Lipinski definition) is 2. The van der Waals surface area contributed by atoms with Gasteiger partial charge in [-0.05, 0) is 29.5 Å². The summed E-state index contributed by atoms with van der Waals surface area (Å²) in [6.45, 7) is 4.25. The molecular weight excluding hydrogens is 316 g/mol. The Morgan fingerprint density at radius 2 is 2.05 bits per heavy atom. The Kier molecular flexibility index (Phi) is 10.4. The molecule has 1 aromatic rings. The molecule has 1 rings (SSSR count). The minimum absolute atomic E-state index is 0.0913. The molecule has 0 bridgehead atoms. The number of methoxy groups -OCH3 is 1. The van der Waals surface area contributed by atoms with Crippen LogP contribution >= 0.6 is 20.3 Å². The molecule has 126 valence electrons. The van der Waals surface area contributed by atoms with Crippen LogP contribution in [0.15, 0.2) is 18.2 Å². The van der Waals surface area contributed by atoms with Crippen molar-refractivity contribution in [3.05, 3.63) is 23.8 Å². The van der Waals surface area contributed by atoms with E-state index in [1.165, 1.54) is 0 Å². The molecule has 0 amide bonds. The zero-order chi connectivity index (χ0) is 16.2. The lowest BCUT2D eigenvalue weighted by atomic mass is 10.2. The van der Waals surface area contributed by atoms with Crippen LogP contribution < -0.4 is 20.9 Å². The van der Waals surface area contributed by atoms with Gasteiger partial charge in [0.2, 0.25) is 0 Å². The van der Waals surface area contributed by atoms with Gasteiger partial charge in [0.25, 0.3) is 0 Å². The second-order valence-electron chi connectivity index (χ2n) is 4.71. The van der Waals surface area contributed by atoms with Gasteiger partial charge in [0.15, 0.2) is 11.5 Å². The van der Waals surface area contributed by atoms with Gasteiger partial charge >= 0.3 is 0 Å². The Bertz CT molecular complexity index is 467. The third-order valence-electron chi connectivity index (χ3n) is 2.88. The second kappa shape index (κ2) is 11.8. The SMILES string of the molecule is CCCCOc1ccc(C=S(CCN)SCCN)cc1OC. The minimum atomic E-state index is 0.0913. The first-order valence-electron chi connectivity index (χ1n) is 7.64. The van der Waals surface area contributed by atoms with Crippen LogP contribution in [0.3, 0.4) is 0 Å². The Labute approximate surface area is 140 Å². The summed E-state index contributed by atoms with van der Waals surface area (Å²) in [7, 11) is 3.64. The number of hydrogen-bond acceptors (Lipinski definition) is 5. The summed E-state index contributed by atoms with van der Waals surface area (Å²) in [5, 5.41) is 2.26. The Morgan fingerprint density at radius 3 is 2.68 bits per heavy atom. The van der Waals surface area contributed by atoms with E-state index in [1.807, 2.05) is 22.9 Å². The number of nitrogens with two attached hydrogens (primary N) is 2. The molecule has 0 saturated heterocycles. The highest BCUT2D eigenvalue weighted by Gasteiger charge is 2.05. The Morgan fingerprint density at radius 1 is 1.23 bits per heavy atom. The standard InChI is InChI=1S/C16H28N2O2S2/c1-3-4-9-20-15-6-5-14(12-16(15)19-2)13-22(11-8-18)21-10-7-17/h5-6,12-13H,3-4,7-11,17-18H2,1-2H3. The van der Waals surface area contributed by atoms with E-state index in [-0.39, 0.29) is 9.52 Å². The first kappa shape index (κ1) is 19.4. The molecule has 1 atom stereocenters. The number of benzene rings is 1. The summed E-state index contributed by atoms with van der Waals surface area (Å²) in [4.78, 5) is 0. The highest BCUT2D eigenvalue weighted by atomic mass is 33.1. The van der Waals surface area contributed by atoms with E-state index in [9.17, 15) is 0 Å². The minimum Gasteiger partial charge on any atom is -0.493 e. The van der Waals surface area contributed by atoms with Gasteiger partial charge in [0.05, 0.1) is 13.7 Å². The van der Waals surface area contributed by atoms with E-state index in [2.05, 4.69) is 18.4 Å². The number of ether oxygens (including phenoxy) is 2. The topological polar surface area (TPSA) is 70.5 Å². The molecule has 0 spiro atoms. The van der Waals surface area contributed by atoms with Crippen LogP contribution in [0.5, 0.6) is 11.5 Å². The predicted molar refractivity (Wildman–Crippen MR) is 102 cm³/mol. The van der Waals surface area contributed by atoms with Crippen molar-refractivity contribution in [3.8, 4) is 11.5 Å².